The highest BCUT2D eigenvalue weighted by molar-refractivity contribution is 6.04. The molecular formula is C28H29N3O. The summed E-state index contributed by atoms with van der Waals surface area (Å²) in [4.78, 5) is 19.9. The molecule has 3 aromatic carbocycles. The van der Waals surface area contributed by atoms with Crippen LogP contribution >= 0.6 is 0 Å². The van der Waals surface area contributed by atoms with E-state index in [1.165, 1.54) is 5.56 Å². The number of rotatable bonds is 5. The minimum atomic E-state index is -0.483. The zero-order valence-electron chi connectivity index (χ0n) is 19.0. The van der Waals surface area contributed by atoms with Gasteiger partial charge in [-0.3, -0.25) is 9.78 Å². The molecule has 4 aromatic rings. The molecule has 1 unspecified atom stereocenters. The number of hydrogen-bond acceptors (Lipinski definition) is 3. The molecule has 0 spiro atoms. The molecule has 0 fully saturated rings. The van der Waals surface area contributed by atoms with Gasteiger partial charge in [0.25, 0.3) is 5.91 Å². The summed E-state index contributed by atoms with van der Waals surface area (Å²) in [5.74, 6) is -0.0795. The maximum Gasteiger partial charge on any atom is 0.251 e. The standard InChI is InChI=1S/C28H29N3O/c1-28(2,3)22-15-13-20(14-16-22)26(31(4)23-10-6-5-7-11-23)27(32)30-25-12-8-9-21-19-29-18-17-24(21)25/h5-19,26H,1-4H3,(H,30,32). The van der Waals surface area contributed by atoms with Crippen molar-refractivity contribution in [3.8, 4) is 0 Å². The van der Waals surface area contributed by atoms with E-state index < -0.39 is 6.04 Å². The van der Waals surface area contributed by atoms with Gasteiger partial charge in [0.1, 0.15) is 6.04 Å². The predicted molar refractivity (Wildman–Crippen MR) is 133 cm³/mol. The molecular weight excluding hydrogens is 394 g/mol. The van der Waals surface area contributed by atoms with Crippen molar-refractivity contribution in [1.29, 1.82) is 0 Å². The molecule has 0 aliphatic rings. The van der Waals surface area contributed by atoms with Gasteiger partial charge in [-0.2, -0.15) is 0 Å². The molecule has 4 nitrogen and oxygen atoms in total. The van der Waals surface area contributed by atoms with E-state index in [-0.39, 0.29) is 11.3 Å². The van der Waals surface area contributed by atoms with Crippen molar-refractivity contribution in [2.45, 2.75) is 32.2 Å². The first-order valence-corrected chi connectivity index (χ1v) is 10.9. The van der Waals surface area contributed by atoms with Gasteiger partial charge in [-0.05, 0) is 40.8 Å². The molecule has 0 aliphatic heterocycles. The van der Waals surface area contributed by atoms with E-state index in [1.54, 1.807) is 6.20 Å². The second kappa shape index (κ2) is 8.83. The fraction of sp³-hybridized carbons (Fsp3) is 0.214. The number of para-hydroxylation sites is 1. The maximum atomic E-state index is 13.7. The lowest BCUT2D eigenvalue weighted by molar-refractivity contribution is -0.117. The lowest BCUT2D eigenvalue weighted by atomic mass is 9.86. The van der Waals surface area contributed by atoms with Gasteiger partial charge in [0, 0.05) is 41.6 Å². The number of fused-ring (bicyclic) bond motifs is 1. The predicted octanol–water partition coefficient (Wildman–Crippen LogP) is 6.35. The molecule has 0 saturated carbocycles. The van der Waals surface area contributed by atoms with Gasteiger partial charge in [-0.15, -0.1) is 0 Å². The zero-order valence-corrected chi connectivity index (χ0v) is 19.0. The molecule has 4 heteroatoms. The highest BCUT2D eigenvalue weighted by Gasteiger charge is 2.27. The number of carbonyl (C=O) groups is 1. The van der Waals surface area contributed by atoms with Crippen molar-refractivity contribution in [3.63, 3.8) is 0 Å². The summed E-state index contributed by atoms with van der Waals surface area (Å²) in [6, 6.07) is 25.7. The van der Waals surface area contributed by atoms with Crippen molar-refractivity contribution in [2.75, 3.05) is 17.3 Å². The summed E-state index contributed by atoms with van der Waals surface area (Å²) in [5.41, 5.74) is 4.01. The highest BCUT2D eigenvalue weighted by Crippen LogP contribution is 2.31. The normalized spacial score (nSPS) is 12.4. The number of likely N-dealkylation sites (N-methyl/N-ethyl adjacent to an activating group) is 1. The summed E-state index contributed by atoms with van der Waals surface area (Å²) >= 11 is 0. The van der Waals surface area contributed by atoms with E-state index in [2.05, 4.69) is 55.3 Å². The van der Waals surface area contributed by atoms with Crippen LogP contribution in [-0.2, 0) is 10.2 Å². The van der Waals surface area contributed by atoms with Gasteiger partial charge >= 0.3 is 0 Å². The van der Waals surface area contributed by atoms with Gasteiger partial charge in [0.15, 0.2) is 0 Å². The molecule has 0 bridgehead atoms. The van der Waals surface area contributed by atoms with Gasteiger partial charge in [0.2, 0.25) is 0 Å². The van der Waals surface area contributed by atoms with Gasteiger partial charge in [0.05, 0.1) is 0 Å². The largest absolute Gasteiger partial charge is 0.359 e. The van der Waals surface area contributed by atoms with Crippen molar-refractivity contribution >= 4 is 28.1 Å². The average Bonchev–Trinajstić information content (AvgIpc) is 2.80. The minimum absolute atomic E-state index is 0.0542. The van der Waals surface area contributed by atoms with Gasteiger partial charge < -0.3 is 10.2 Å². The SMILES string of the molecule is CN(c1ccccc1)C(C(=O)Nc1cccc2cnccc12)c1ccc(C(C)(C)C)cc1. The van der Waals surface area contributed by atoms with Crippen LogP contribution in [0, 0.1) is 0 Å². The van der Waals surface area contributed by atoms with Crippen LogP contribution in [-0.4, -0.2) is 17.9 Å². The number of aromatic nitrogens is 1. The summed E-state index contributed by atoms with van der Waals surface area (Å²) in [6.45, 7) is 6.58. The van der Waals surface area contributed by atoms with Crippen LogP contribution in [0.15, 0.2) is 91.3 Å². The van der Waals surface area contributed by atoms with Gasteiger partial charge in [-0.1, -0.05) is 75.4 Å². The van der Waals surface area contributed by atoms with Crippen molar-refractivity contribution in [2.24, 2.45) is 0 Å². The van der Waals surface area contributed by atoms with Crippen LogP contribution in [0.1, 0.15) is 37.9 Å². The number of carbonyl (C=O) groups excluding carboxylic acids is 1. The minimum Gasteiger partial charge on any atom is -0.359 e. The Labute approximate surface area is 189 Å². The van der Waals surface area contributed by atoms with Crippen molar-refractivity contribution in [3.05, 3.63) is 102 Å². The summed E-state index contributed by atoms with van der Waals surface area (Å²) in [6.07, 6.45) is 3.56. The van der Waals surface area contributed by atoms with Crippen LogP contribution in [0.2, 0.25) is 0 Å². The number of benzene rings is 3. The molecule has 1 atom stereocenters. The molecule has 1 N–H and O–H groups in total. The molecule has 0 radical (unpaired) electrons. The Bertz CT molecular complexity index is 1210. The number of amides is 1. The fourth-order valence-corrected chi connectivity index (χ4v) is 3.96. The molecule has 0 aliphatic carbocycles. The Morgan fingerprint density at radius 3 is 2.31 bits per heavy atom. The monoisotopic (exact) mass is 423 g/mol. The highest BCUT2D eigenvalue weighted by atomic mass is 16.2. The van der Waals surface area contributed by atoms with E-state index in [9.17, 15) is 4.79 Å². The third-order valence-corrected chi connectivity index (χ3v) is 5.83. The second-order valence-corrected chi connectivity index (χ2v) is 9.11. The Morgan fingerprint density at radius 2 is 1.62 bits per heavy atom. The number of pyridine rings is 1. The Kier molecular flexibility index (Phi) is 5.95. The smallest absolute Gasteiger partial charge is 0.251 e. The lowest BCUT2D eigenvalue weighted by Crippen LogP contribution is -2.35. The fourth-order valence-electron chi connectivity index (χ4n) is 3.96. The average molecular weight is 424 g/mol. The summed E-state index contributed by atoms with van der Waals surface area (Å²) in [5, 5.41) is 5.14. The number of nitrogens with zero attached hydrogens (tertiary/aromatic N) is 2. The topological polar surface area (TPSA) is 45.2 Å². The van der Waals surface area contributed by atoms with E-state index in [0.29, 0.717) is 0 Å². The third kappa shape index (κ3) is 4.50. The number of hydrogen-bond donors (Lipinski definition) is 1. The van der Waals surface area contributed by atoms with Crippen LogP contribution in [0.25, 0.3) is 10.8 Å². The first kappa shape index (κ1) is 21.6. The Hall–Kier alpha value is -3.66. The van der Waals surface area contributed by atoms with E-state index in [0.717, 1.165) is 27.7 Å². The molecule has 0 saturated heterocycles. The van der Waals surface area contributed by atoms with E-state index in [1.807, 2.05) is 72.7 Å². The zero-order chi connectivity index (χ0) is 22.7. The molecule has 1 amide bonds. The van der Waals surface area contributed by atoms with Crippen LogP contribution < -0.4 is 10.2 Å². The van der Waals surface area contributed by atoms with E-state index in [4.69, 9.17) is 0 Å². The Morgan fingerprint density at radius 1 is 0.906 bits per heavy atom. The van der Waals surface area contributed by atoms with Gasteiger partial charge in [-0.25, -0.2) is 0 Å². The van der Waals surface area contributed by atoms with Crippen molar-refractivity contribution in [1.82, 2.24) is 4.98 Å². The Balaban J connectivity index is 1.72. The molecule has 162 valence electrons. The van der Waals surface area contributed by atoms with Crippen LogP contribution in [0.4, 0.5) is 11.4 Å². The number of nitrogens with one attached hydrogen (secondary N) is 1. The van der Waals surface area contributed by atoms with Crippen molar-refractivity contribution < 1.29 is 4.79 Å². The van der Waals surface area contributed by atoms with Crippen LogP contribution in [0.5, 0.6) is 0 Å². The van der Waals surface area contributed by atoms with Crippen LogP contribution in [0.3, 0.4) is 0 Å². The molecule has 32 heavy (non-hydrogen) atoms. The first-order chi connectivity index (χ1) is 15.3. The summed E-state index contributed by atoms with van der Waals surface area (Å²) in [7, 11) is 1.96. The molecule has 4 rings (SSSR count). The third-order valence-electron chi connectivity index (χ3n) is 5.83. The maximum absolute atomic E-state index is 13.7. The number of anilines is 2. The molecule has 1 heterocycles. The quantitative estimate of drug-likeness (QED) is 0.407. The summed E-state index contributed by atoms with van der Waals surface area (Å²) < 4.78 is 0. The second-order valence-electron chi connectivity index (χ2n) is 9.11. The van der Waals surface area contributed by atoms with E-state index >= 15 is 0 Å². The molecule has 1 aromatic heterocycles. The lowest BCUT2D eigenvalue weighted by Gasteiger charge is -2.30. The first-order valence-electron chi connectivity index (χ1n) is 10.9.